The molecule has 0 radical (unpaired) electrons. The highest BCUT2D eigenvalue weighted by Crippen LogP contribution is 2.49. The van der Waals surface area contributed by atoms with Gasteiger partial charge in [0, 0.05) is 22.9 Å². The molecule has 1 fully saturated rings. The molecule has 3 aliphatic heterocycles. The minimum atomic E-state index is -0.387. The minimum absolute atomic E-state index is 0.0995. The van der Waals surface area contributed by atoms with Gasteiger partial charge in [-0.05, 0) is 35.2 Å². The van der Waals surface area contributed by atoms with Crippen LogP contribution >= 0.6 is 0 Å². The van der Waals surface area contributed by atoms with E-state index in [0.29, 0.717) is 47.5 Å². The lowest BCUT2D eigenvalue weighted by atomic mass is 9.89. The molecule has 3 aromatic rings. The number of cyclic esters (lactones) is 1. The standard InChI is InChI=1S/C25H22O8/c1-27-19-8-15-16(9-20(19)28-2)24(33-14-5-6-29-10-14)17-11-30-25(26)23(17)22(15)13-3-4-18-21(7-13)32-12-31-18/h3-4,7-9,14H,5-6,10-12H2,1-2H3. The van der Waals surface area contributed by atoms with Gasteiger partial charge in [0.25, 0.3) is 0 Å². The first-order valence-electron chi connectivity index (χ1n) is 10.7. The highest BCUT2D eigenvalue weighted by Gasteiger charge is 2.34. The van der Waals surface area contributed by atoms with Crippen molar-refractivity contribution in [3.05, 3.63) is 41.5 Å². The number of rotatable bonds is 5. The van der Waals surface area contributed by atoms with Crippen LogP contribution in [0.1, 0.15) is 22.3 Å². The Balaban J connectivity index is 1.67. The van der Waals surface area contributed by atoms with Crippen molar-refractivity contribution in [3.63, 3.8) is 0 Å². The van der Waals surface area contributed by atoms with Crippen molar-refractivity contribution in [1.29, 1.82) is 0 Å². The maximum atomic E-state index is 13.0. The first-order valence-corrected chi connectivity index (χ1v) is 10.7. The van der Waals surface area contributed by atoms with Gasteiger partial charge in [0.1, 0.15) is 18.5 Å². The van der Waals surface area contributed by atoms with Gasteiger partial charge in [-0.3, -0.25) is 0 Å². The number of benzene rings is 3. The van der Waals surface area contributed by atoms with Crippen LogP contribution in [0.4, 0.5) is 0 Å². The van der Waals surface area contributed by atoms with Crippen LogP contribution in [0.2, 0.25) is 0 Å². The monoisotopic (exact) mass is 450 g/mol. The minimum Gasteiger partial charge on any atom is -0.493 e. The summed E-state index contributed by atoms with van der Waals surface area (Å²) in [6, 6.07) is 9.40. The van der Waals surface area contributed by atoms with E-state index in [1.54, 1.807) is 14.2 Å². The number of carbonyl (C=O) groups is 1. The molecule has 0 saturated carbocycles. The molecular weight excluding hydrogens is 428 g/mol. The van der Waals surface area contributed by atoms with Crippen LogP contribution in [-0.4, -0.2) is 46.3 Å². The summed E-state index contributed by atoms with van der Waals surface area (Å²) in [5.74, 6) is 2.65. The number of carbonyl (C=O) groups excluding carboxylic acids is 1. The number of hydrogen-bond donors (Lipinski definition) is 0. The molecule has 3 aromatic carbocycles. The highest BCUT2D eigenvalue weighted by atomic mass is 16.7. The van der Waals surface area contributed by atoms with Gasteiger partial charge in [-0.1, -0.05) is 6.07 Å². The number of methoxy groups -OCH3 is 2. The van der Waals surface area contributed by atoms with Crippen LogP contribution in [0.25, 0.3) is 21.9 Å². The Kier molecular flexibility index (Phi) is 4.69. The number of fused-ring (bicyclic) bond motifs is 3. The summed E-state index contributed by atoms with van der Waals surface area (Å²) >= 11 is 0. The van der Waals surface area contributed by atoms with Crippen molar-refractivity contribution in [3.8, 4) is 39.9 Å². The van der Waals surface area contributed by atoms with Crippen molar-refractivity contribution in [2.45, 2.75) is 19.1 Å². The van der Waals surface area contributed by atoms with Crippen LogP contribution in [0, 0.1) is 0 Å². The van der Waals surface area contributed by atoms with E-state index in [1.807, 2.05) is 30.3 Å². The van der Waals surface area contributed by atoms with E-state index >= 15 is 0 Å². The van der Waals surface area contributed by atoms with Crippen molar-refractivity contribution >= 4 is 16.7 Å². The van der Waals surface area contributed by atoms with Crippen molar-refractivity contribution in [2.75, 3.05) is 34.2 Å². The van der Waals surface area contributed by atoms with E-state index in [-0.39, 0.29) is 25.5 Å². The third-order valence-electron chi connectivity index (χ3n) is 6.25. The first-order chi connectivity index (χ1) is 16.2. The number of hydrogen-bond acceptors (Lipinski definition) is 8. The average Bonchev–Trinajstić information content (AvgIpc) is 3.59. The molecular formula is C25H22O8. The zero-order chi connectivity index (χ0) is 22.5. The van der Waals surface area contributed by atoms with Crippen LogP contribution in [0.3, 0.4) is 0 Å². The smallest absolute Gasteiger partial charge is 0.339 e. The van der Waals surface area contributed by atoms with E-state index < -0.39 is 0 Å². The quantitative estimate of drug-likeness (QED) is 0.538. The van der Waals surface area contributed by atoms with Gasteiger partial charge in [0.05, 0.1) is 33.0 Å². The Morgan fingerprint density at radius 3 is 2.45 bits per heavy atom. The van der Waals surface area contributed by atoms with E-state index in [0.717, 1.165) is 33.9 Å². The third-order valence-corrected chi connectivity index (χ3v) is 6.25. The maximum absolute atomic E-state index is 13.0. The fraction of sp³-hybridized carbons (Fsp3) is 0.320. The van der Waals surface area contributed by atoms with Crippen LogP contribution in [-0.2, 0) is 16.1 Å². The summed E-state index contributed by atoms with van der Waals surface area (Å²) in [6.07, 6.45) is 0.680. The van der Waals surface area contributed by atoms with Gasteiger partial charge in [-0.2, -0.15) is 0 Å². The second kappa shape index (κ2) is 7.74. The lowest BCUT2D eigenvalue weighted by Gasteiger charge is -2.21. The maximum Gasteiger partial charge on any atom is 0.339 e. The summed E-state index contributed by atoms with van der Waals surface area (Å²) in [4.78, 5) is 13.0. The fourth-order valence-electron chi connectivity index (χ4n) is 4.67. The fourth-order valence-corrected chi connectivity index (χ4v) is 4.67. The predicted molar refractivity (Wildman–Crippen MR) is 118 cm³/mol. The molecule has 0 bridgehead atoms. The van der Waals surface area contributed by atoms with Crippen molar-refractivity contribution in [1.82, 2.24) is 0 Å². The Labute approximate surface area is 189 Å². The Morgan fingerprint density at radius 1 is 0.909 bits per heavy atom. The largest absolute Gasteiger partial charge is 0.493 e. The average molecular weight is 450 g/mol. The van der Waals surface area contributed by atoms with Gasteiger partial charge in [-0.15, -0.1) is 0 Å². The molecule has 0 aliphatic carbocycles. The molecule has 1 atom stereocenters. The summed E-state index contributed by atoms with van der Waals surface area (Å²) in [5.41, 5.74) is 2.75. The van der Waals surface area contributed by atoms with Crippen LogP contribution in [0.15, 0.2) is 30.3 Å². The Morgan fingerprint density at radius 2 is 1.70 bits per heavy atom. The van der Waals surface area contributed by atoms with Crippen LogP contribution < -0.4 is 23.7 Å². The van der Waals surface area contributed by atoms with E-state index in [2.05, 4.69) is 0 Å². The van der Waals surface area contributed by atoms with Gasteiger partial charge in [0.2, 0.25) is 6.79 Å². The second-order valence-corrected chi connectivity index (χ2v) is 8.06. The molecule has 6 rings (SSSR count). The topological polar surface area (TPSA) is 81.7 Å². The first kappa shape index (κ1) is 20.0. The van der Waals surface area contributed by atoms with Crippen LogP contribution in [0.5, 0.6) is 28.7 Å². The molecule has 0 amide bonds. The third kappa shape index (κ3) is 3.13. The molecule has 1 saturated heterocycles. The molecule has 33 heavy (non-hydrogen) atoms. The Hall–Kier alpha value is -3.65. The molecule has 8 nitrogen and oxygen atoms in total. The zero-order valence-corrected chi connectivity index (χ0v) is 18.3. The summed E-state index contributed by atoms with van der Waals surface area (Å²) in [5, 5.41) is 1.60. The van der Waals surface area contributed by atoms with Gasteiger partial charge >= 0.3 is 5.97 Å². The van der Waals surface area contributed by atoms with Crippen molar-refractivity contribution in [2.24, 2.45) is 0 Å². The van der Waals surface area contributed by atoms with Gasteiger partial charge in [-0.25, -0.2) is 4.79 Å². The second-order valence-electron chi connectivity index (χ2n) is 8.06. The summed E-state index contributed by atoms with van der Waals surface area (Å²) < 4.78 is 39.6. The SMILES string of the molecule is COc1cc2c(OC3CCOC3)c3c(c(-c4ccc5c(c4)OCO5)c2cc1OC)C(=O)OC3. The summed E-state index contributed by atoms with van der Waals surface area (Å²) in [7, 11) is 3.17. The van der Waals surface area contributed by atoms with Gasteiger partial charge < -0.3 is 33.2 Å². The molecule has 8 heteroatoms. The molecule has 0 N–H and O–H groups in total. The number of ether oxygens (including phenoxy) is 7. The molecule has 3 heterocycles. The molecule has 0 aromatic heterocycles. The van der Waals surface area contributed by atoms with E-state index in [9.17, 15) is 4.79 Å². The van der Waals surface area contributed by atoms with Gasteiger partial charge in [0.15, 0.2) is 23.0 Å². The zero-order valence-electron chi connectivity index (χ0n) is 18.3. The molecule has 170 valence electrons. The lowest BCUT2D eigenvalue weighted by molar-refractivity contribution is 0.0533. The molecule has 3 aliphatic rings. The summed E-state index contributed by atoms with van der Waals surface area (Å²) in [6.45, 7) is 1.45. The molecule has 0 spiro atoms. The normalized spacial score (nSPS) is 18.4. The van der Waals surface area contributed by atoms with E-state index in [4.69, 9.17) is 33.2 Å². The Bertz CT molecular complexity index is 1280. The number of esters is 1. The van der Waals surface area contributed by atoms with Crippen molar-refractivity contribution < 1.29 is 38.0 Å². The molecule has 1 unspecified atom stereocenters. The lowest BCUT2D eigenvalue weighted by Crippen LogP contribution is -2.17. The van der Waals surface area contributed by atoms with E-state index in [1.165, 1.54) is 0 Å². The predicted octanol–water partition coefficient (Wildman–Crippen LogP) is 4.09. The highest BCUT2D eigenvalue weighted by molar-refractivity contribution is 6.14.